The van der Waals surface area contributed by atoms with Gasteiger partial charge in [-0.1, -0.05) is 60.7 Å². The molecule has 0 radical (unpaired) electrons. The third-order valence-electron chi connectivity index (χ3n) is 6.17. The van der Waals surface area contributed by atoms with E-state index in [4.69, 9.17) is 8.83 Å². The Morgan fingerprint density at radius 3 is 1.50 bits per heavy atom. The van der Waals surface area contributed by atoms with E-state index in [9.17, 15) is 10.2 Å². The molecule has 2 N–H and O–H groups in total. The number of rotatable bonds is 6. The van der Waals surface area contributed by atoms with E-state index in [2.05, 4.69) is 16.5 Å². The van der Waals surface area contributed by atoms with E-state index in [0.717, 1.165) is 16.6 Å². The van der Waals surface area contributed by atoms with Gasteiger partial charge in [-0.05, 0) is 60.4 Å². The van der Waals surface area contributed by atoms with Gasteiger partial charge in [0.2, 0.25) is 11.8 Å². The van der Waals surface area contributed by atoms with Crippen LogP contribution < -0.4 is 0 Å². The summed E-state index contributed by atoms with van der Waals surface area (Å²) in [5.41, 5.74) is 6.07. The summed E-state index contributed by atoms with van der Waals surface area (Å²) < 4.78 is 11.7. The topological polar surface area (TPSA) is 92.5 Å². The highest BCUT2D eigenvalue weighted by Gasteiger charge is 2.18. The summed E-state index contributed by atoms with van der Waals surface area (Å²) >= 11 is 0. The first-order valence-corrected chi connectivity index (χ1v) is 11.6. The number of nitrogens with zero attached hydrogens (tertiary/aromatic N) is 2. The van der Waals surface area contributed by atoms with Gasteiger partial charge in [-0.3, -0.25) is 0 Å². The van der Waals surface area contributed by atoms with E-state index in [1.165, 1.54) is 0 Å². The van der Waals surface area contributed by atoms with Crippen LogP contribution in [0.15, 0.2) is 106 Å². The number of hydrogen-bond acceptors (Lipinski definition) is 6. The predicted molar refractivity (Wildman–Crippen MR) is 139 cm³/mol. The Balaban J connectivity index is 1.25. The standard InChI is InChI=1S/C30H22N2O4/c1-18(16-19-8-6-10-21(27(19)33)29-31-23-12-2-4-14-25(23)35-29)17-20-9-7-11-22(28(20)34)30-32-24-13-3-5-15-26(24)36-30/h2-15,33-34H,1,16-17H2. The molecular formula is C30H22N2O4. The number of aromatic hydroxyl groups is 2. The van der Waals surface area contributed by atoms with Gasteiger partial charge >= 0.3 is 0 Å². The molecule has 6 nitrogen and oxygen atoms in total. The molecule has 36 heavy (non-hydrogen) atoms. The van der Waals surface area contributed by atoms with Crippen LogP contribution in [0.1, 0.15) is 11.1 Å². The van der Waals surface area contributed by atoms with Crippen molar-refractivity contribution >= 4 is 22.2 Å². The number of fused-ring (bicyclic) bond motifs is 2. The van der Waals surface area contributed by atoms with Gasteiger partial charge in [0, 0.05) is 0 Å². The van der Waals surface area contributed by atoms with Gasteiger partial charge in [-0.15, -0.1) is 0 Å². The molecule has 6 heteroatoms. The lowest BCUT2D eigenvalue weighted by Crippen LogP contribution is -1.97. The Morgan fingerprint density at radius 2 is 1.06 bits per heavy atom. The smallest absolute Gasteiger partial charge is 0.231 e. The molecule has 0 amide bonds. The zero-order chi connectivity index (χ0) is 24.6. The average Bonchev–Trinajstić information content (AvgIpc) is 3.51. The Hall–Kier alpha value is -4.84. The molecule has 0 aliphatic heterocycles. The van der Waals surface area contributed by atoms with Crippen molar-refractivity contribution in [2.75, 3.05) is 0 Å². The first kappa shape index (κ1) is 21.7. The maximum Gasteiger partial charge on any atom is 0.231 e. The molecule has 0 fully saturated rings. The molecule has 0 saturated carbocycles. The van der Waals surface area contributed by atoms with Gasteiger partial charge in [0.1, 0.15) is 22.5 Å². The Morgan fingerprint density at radius 1 is 0.611 bits per heavy atom. The van der Waals surface area contributed by atoms with Crippen LogP contribution in [0.25, 0.3) is 45.1 Å². The van der Waals surface area contributed by atoms with Crippen molar-refractivity contribution in [3.8, 4) is 34.4 Å². The summed E-state index contributed by atoms with van der Waals surface area (Å²) in [5, 5.41) is 22.0. The molecule has 6 aromatic rings. The van der Waals surface area contributed by atoms with Crippen molar-refractivity contribution in [1.82, 2.24) is 9.97 Å². The van der Waals surface area contributed by atoms with Crippen LogP contribution in [0.2, 0.25) is 0 Å². The van der Waals surface area contributed by atoms with E-state index in [-0.39, 0.29) is 11.5 Å². The third-order valence-corrected chi connectivity index (χ3v) is 6.17. The molecule has 0 aliphatic carbocycles. The van der Waals surface area contributed by atoms with Crippen molar-refractivity contribution in [3.05, 3.63) is 108 Å². The molecule has 2 aromatic heterocycles. The second-order valence-electron chi connectivity index (χ2n) is 8.70. The molecule has 0 saturated heterocycles. The molecule has 0 bridgehead atoms. The Labute approximate surface area is 206 Å². The number of hydrogen-bond donors (Lipinski definition) is 2. The summed E-state index contributed by atoms with van der Waals surface area (Å²) in [7, 11) is 0. The Bertz CT molecular complexity index is 1550. The van der Waals surface area contributed by atoms with E-state index in [1.807, 2.05) is 72.8 Å². The summed E-state index contributed by atoms with van der Waals surface area (Å²) in [6, 6.07) is 25.9. The second-order valence-corrected chi connectivity index (χ2v) is 8.70. The number of phenols is 2. The van der Waals surface area contributed by atoms with E-state index in [0.29, 0.717) is 58.0 Å². The number of phenolic OH excluding ortho intramolecular Hbond substituents is 2. The fraction of sp³-hybridized carbons (Fsp3) is 0.0667. The third kappa shape index (κ3) is 3.88. The quantitative estimate of drug-likeness (QED) is 0.251. The molecule has 0 aliphatic rings. The summed E-state index contributed by atoms with van der Waals surface area (Å²) in [6.07, 6.45) is 0.846. The van der Waals surface area contributed by atoms with Crippen LogP contribution in [0.4, 0.5) is 0 Å². The van der Waals surface area contributed by atoms with Gasteiger partial charge < -0.3 is 19.0 Å². The van der Waals surface area contributed by atoms with Crippen LogP contribution in [-0.2, 0) is 12.8 Å². The zero-order valence-corrected chi connectivity index (χ0v) is 19.3. The van der Waals surface area contributed by atoms with Crippen molar-refractivity contribution in [1.29, 1.82) is 0 Å². The number of aromatic nitrogens is 2. The molecule has 0 atom stereocenters. The zero-order valence-electron chi connectivity index (χ0n) is 19.3. The van der Waals surface area contributed by atoms with Crippen LogP contribution in [-0.4, -0.2) is 20.2 Å². The number of para-hydroxylation sites is 6. The first-order chi connectivity index (χ1) is 17.6. The minimum atomic E-state index is 0.106. The minimum absolute atomic E-state index is 0.106. The largest absolute Gasteiger partial charge is 0.507 e. The molecule has 4 aromatic carbocycles. The maximum absolute atomic E-state index is 11.0. The highest BCUT2D eigenvalue weighted by Crippen LogP contribution is 2.37. The van der Waals surface area contributed by atoms with Gasteiger partial charge in [0.05, 0.1) is 11.1 Å². The average molecular weight is 475 g/mol. The molecule has 2 heterocycles. The van der Waals surface area contributed by atoms with Crippen molar-refractivity contribution in [2.24, 2.45) is 0 Å². The van der Waals surface area contributed by atoms with E-state index < -0.39 is 0 Å². The van der Waals surface area contributed by atoms with Gasteiger partial charge in [-0.2, -0.15) is 0 Å². The number of benzene rings is 4. The number of oxazole rings is 2. The number of allylic oxidation sites excluding steroid dienone is 1. The highest BCUT2D eigenvalue weighted by molar-refractivity contribution is 5.79. The van der Waals surface area contributed by atoms with Crippen LogP contribution in [0, 0.1) is 0 Å². The van der Waals surface area contributed by atoms with Gasteiger partial charge in [0.25, 0.3) is 0 Å². The lowest BCUT2D eigenvalue weighted by atomic mass is 9.96. The minimum Gasteiger partial charge on any atom is -0.507 e. The van der Waals surface area contributed by atoms with Crippen molar-refractivity contribution in [2.45, 2.75) is 12.8 Å². The fourth-order valence-electron chi connectivity index (χ4n) is 4.39. The molecule has 0 spiro atoms. The van der Waals surface area contributed by atoms with Gasteiger partial charge in [0.15, 0.2) is 11.2 Å². The first-order valence-electron chi connectivity index (χ1n) is 11.6. The normalized spacial score (nSPS) is 11.3. The fourth-order valence-corrected chi connectivity index (χ4v) is 4.39. The SMILES string of the molecule is C=C(Cc1cccc(-c2nc3ccccc3o2)c1O)Cc1cccc(-c2nc3ccccc3o2)c1O. The van der Waals surface area contributed by atoms with Gasteiger partial charge in [-0.25, -0.2) is 9.97 Å². The van der Waals surface area contributed by atoms with Crippen LogP contribution in [0.5, 0.6) is 11.5 Å². The van der Waals surface area contributed by atoms with E-state index >= 15 is 0 Å². The summed E-state index contributed by atoms with van der Waals surface area (Å²) in [5.74, 6) is 0.944. The molecule has 0 unspecified atom stereocenters. The van der Waals surface area contributed by atoms with Crippen molar-refractivity contribution in [3.63, 3.8) is 0 Å². The van der Waals surface area contributed by atoms with E-state index in [1.54, 1.807) is 12.1 Å². The highest BCUT2D eigenvalue weighted by atomic mass is 16.4. The molecular weight excluding hydrogens is 452 g/mol. The predicted octanol–water partition coefficient (Wildman–Crippen LogP) is 7.06. The lowest BCUT2D eigenvalue weighted by molar-refractivity contribution is 0.466. The molecule has 176 valence electrons. The lowest BCUT2D eigenvalue weighted by Gasteiger charge is -2.12. The monoisotopic (exact) mass is 474 g/mol. The Kier molecular flexibility index (Phi) is 5.26. The summed E-state index contributed by atoms with van der Waals surface area (Å²) in [4.78, 5) is 9.00. The second kappa shape index (κ2) is 8.74. The van der Waals surface area contributed by atoms with Crippen LogP contribution in [0.3, 0.4) is 0 Å². The van der Waals surface area contributed by atoms with Crippen LogP contribution >= 0.6 is 0 Å². The molecule has 6 rings (SSSR count). The van der Waals surface area contributed by atoms with Crippen molar-refractivity contribution < 1.29 is 19.0 Å². The maximum atomic E-state index is 11.0. The summed E-state index contributed by atoms with van der Waals surface area (Å²) in [6.45, 7) is 4.20.